The minimum atomic E-state index is 0.256. The van der Waals surface area contributed by atoms with Crippen LogP contribution in [0.15, 0.2) is 0 Å². The average Bonchev–Trinajstić information content (AvgIpc) is 2.45. The van der Waals surface area contributed by atoms with Crippen LogP contribution in [0.3, 0.4) is 0 Å². The molecule has 0 aromatic rings. The van der Waals surface area contributed by atoms with Crippen molar-refractivity contribution in [3.05, 3.63) is 0 Å². The molecule has 0 aromatic carbocycles. The van der Waals surface area contributed by atoms with Gasteiger partial charge < -0.3 is 20.0 Å². The Morgan fingerprint density at radius 3 is 2.37 bits per heavy atom. The highest BCUT2D eigenvalue weighted by atomic mass is 16.2. The van der Waals surface area contributed by atoms with E-state index in [0.717, 1.165) is 39.3 Å². The molecule has 0 aromatic heterocycles. The Morgan fingerprint density at radius 1 is 1.00 bits per heavy atom. The summed E-state index contributed by atoms with van der Waals surface area (Å²) in [4.78, 5) is 18.7. The standard InChI is InChI=1S/C14H28N4O/c1-16-9-11-18(12-10-16)14(19)13-15-5-8-17-6-3-2-4-7-17/h15H,2-13H2,1H3. The molecule has 0 atom stereocenters. The zero-order valence-electron chi connectivity index (χ0n) is 12.2. The molecular formula is C14H28N4O. The SMILES string of the molecule is CN1CCN(C(=O)CNCCN2CCCCC2)CC1. The van der Waals surface area contributed by atoms with Crippen molar-refractivity contribution < 1.29 is 4.79 Å². The van der Waals surface area contributed by atoms with Crippen molar-refractivity contribution in [2.75, 3.05) is 66.0 Å². The van der Waals surface area contributed by atoms with E-state index < -0.39 is 0 Å². The highest BCUT2D eigenvalue weighted by Gasteiger charge is 2.18. The van der Waals surface area contributed by atoms with E-state index in [0.29, 0.717) is 6.54 Å². The van der Waals surface area contributed by atoms with Gasteiger partial charge in [-0.15, -0.1) is 0 Å². The molecule has 0 saturated carbocycles. The van der Waals surface area contributed by atoms with Gasteiger partial charge in [-0.2, -0.15) is 0 Å². The maximum absolute atomic E-state index is 12.0. The van der Waals surface area contributed by atoms with Gasteiger partial charge in [-0.1, -0.05) is 6.42 Å². The molecule has 5 nitrogen and oxygen atoms in total. The lowest BCUT2D eigenvalue weighted by Gasteiger charge is -2.32. The van der Waals surface area contributed by atoms with Crippen molar-refractivity contribution in [3.8, 4) is 0 Å². The summed E-state index contributed by atoms with van der Waals surface area (Å²) in [6.07, 6.45) is 4.05. The van der Waals surface area contributed by atoms with Gasteiger partial charge in [0.25, 0.3) is 0 Å². The molecule has 2 aliphatic heterocycles. The van der Waals surface area contributed by atoms with Gasteiger partial charge >= 0.3 is 0 Å². The number of likely N-dealkylation sites (tertiary alicyclic amines) is 1. The van der Waals surface area contributed by atoms with Crippen LogP contribution in [0.1, 0.15) is 19.3 Å². The maximum atomic E-state index is 12.0. The van der Waals surface area contributed by atoms with Gasteiger partial charge in [0.15, 0.2) is 0 Å². The van der Waals surface area contributed by atoms with Gasteiger partial charge in [0.05, 0.1) is 6.54 Å². The first-order valence-electron chi connectivity index (χ1n) is 7.65. The summed E-state index contributed by atoms with van der Waals surface area (Å²) in [6.45, 7) is 8.72. The number of piperidine rings is 1. The molecule has 0 bridgehead atoms. The van der Waals surface area contributed by atoms with Crippen LogP contribution in [0.4, 0.5) is 0 Å². The molecule has 2 saturated heterocycles. The number of likely N-dealkylation sites (N-methyl/N-ethyl adjacent to an activating group) is 1. The van der Waals surface area contributed by atoms with E-state index in [1.165, 1.54) is 32.4 Å². The molecule has 0 radical (unpaired) electrons. The highest BCUT2D eigenvalue weighted by molar-refractivity contribution is 5.78. The summed E-state index contributed by atoms with van der Waals surface area (Å²) in [5.41, 5.74) is 0. The number of nitrogens with zero attached hydrogens (tertiary/aromatic N) is 3. The number of hydrogen-bond acceptors (Lipinski definition) is 4. The second-order valence-electron chi connectivity index (χ2n) is 5.76. The minimum absolute atomic E-state index is 0.256. The second kappa shape index (κ2) is 7.82. The minimum Gasteiger partial charge on any atom is -0.339 e. The number of carbonyl (C=O) groups is 1. The van der Waals surface area contributed by atoms with E-state index in [4.69, 9.17) is 0 Å². The van der Waals surface area contributed by atoms with E-state index in [1.54, 1.807) is 0 Å². The summed E-state index contributed by atoms with van der Waals surface area (Å²) in [6, 6.07) is 0. The fourth-order valence-corrected chi connectivity index (χ4v) is 2.78. The van der Waals surface area contributed by atoms with Crippen LogP contribution >= 0.6 is 0 Å². The molecule has 2 rings (SSSR count). The van der Waals surface area contributed by atoms with Crippen molar-refractivity contribution in [1.82, 2.24) is 20.0 Å². The van der Waals surface area contributed by atoms with Crippen LogP contribution in [-0.4, -0.2) is 86.6 Å². The van der Waals surface area contributed by atoms with Crippen LogP contribution in [0.5, 0.6) is 0 Å². The lowest BCUT2D eigenvalue weighted by Crippen LogP contribution is -2.50. The van der Waals surface area contributed by atoms with E-state index in [9.17, 15) is 4.79 Å². The van der Waals surface area contributed by atoms with Gasteiger partial charge in [-0.25, -0.2) is 0 Å². The third-order valence-corrected chi connectivity index (χ3v) is 4.19. The molecule has 2 aliphatic rings. The molecule has 19 heavy (non-hydrogen) atoms. The molecular weight excluding hydrogens is 240 g/mol. The monoisotopic (exact) mass is 268 g/mol. The van der Waals surface area contributed by atoms with Crippen molar-refractivity contribution >= 4 is 5.91 Å². The Kier molecular flexibility index (Phi) is 6.07. The summed E-state index contributed by atoms with van der Waals surface area (Å²) in [5, 5.41) is 3.29. The quantitative estimate of drug-likeness (QED) is 0.703. The molecule has 0 aliphatic carbocycles. The van der Waals surface area contributed by atoms with Gasteiger partial charge in [-0.05, 0) is 33.0 Å². The third kappa shape index (κ3) is 5.09. The third-order valence-electron chi connectivity index (χ3n) is 4.19. The van der Waals surface area contributed by atoms with Gasteiger partial charge in [-0.3, -0.25) is 4.79 Å². The lowest BCUT2D eigenvalue weighted by atomic mass is 10.1. The van der Waals surface area contributed by atoms with Crippen LogP contribution in [-0.2, 0) is 4.79 Å². The summed E-state index contributed by atoms with van der Waals surface area (Å²) in [7, 11) is 2.11. The van der Waals surface area contributed by atoms with Crippen LogP contribution in [0, 0.1) is 0 Å². The summed E-state index contributed by atoms with van der Waals surface area (Å²) >= 11 is 0. The molecule has 0 spiro atoms. The molecule has 0 unspecified atom stereocenters. The number of amides is 1. The first-order valence-corrected chi connectivity index (χ1v) is 7.65. The molecule has 2 fully saturated rings. The van der Waals surface area contributed by atoms with Gasteiger partial charge in [0.1, 0.15) is 0 Å². The Morgan fingerprint density at radius 2 is 1.68 bits per heavy atom. The van der Waals surface area contributed by atoms with Crippen LogP contribution in [0.2, 0.25) is 0 Å². The maximum Gasteiger partial charge on any atom is 0.236 e. The predicted molar refractivity (Wildman–Crippen MR) is 77.2 cm³/mol. The lowest BCUT2D eigenvalue weighted by molar-refractivity contribution is -0.131. The Balaban J connectivity index is 1.53. The van der Waals surface area contributed by atoms with E-state index in [-0.39, 0.29) is 5.91 Å². The first-order chi connectivity index (χ1) is 9.25. The van der Waals surface area contributed by atoms with Crippen molar-refractivity contribution in [1.29, 1.82) is 0 Å². The topological polar surface area (TPSA) is 38.8 Å². The molecule has 1 N–H and O–H groups in total. The van der Waals surface area contributed by atoms with Crippen LogP contribution in [0.25, 0.3) is 0 Å². The largest absolute Gasteiger partial charge is 0.339 e. The van der Waals surface area contributed by atoms with Crippen molar-refractivity contribution in [3.63, 3.8) is 0 Å². The molecule has 5 heteroatoms. The summed E-state index contributed by atoms with van der Waals surface area (Å²) < 4.78 is 0. The molecule has 1 amide bonds. The normalized spacial score (nSPS) is 22.7. The number of nitrogens with one attached hydrogen (secondary N) is 1. The van der Waals surface area contributed by atoms with E-state index in [2.05, 4.69) is 22.2 Å². The zero-order chi connectivity index (χ0) is 13.5. The molecule has 2 heterocycles. The Labute approximate surface area is 116 Å². The van der Waals surface area contributed by atoms with E-state index >= 15 is 0 Å². The van der Waals surface area contributed by atoms with Crippen LogP contribution < -0.4 is 5.32 Å². The smallest absolute Gasteiger partial charge is 0.236 e. The first kappa shape index (κ1) is 14.8. The highest BCUT2D eigenvalue weighted by Crippen LogP contribution is 2.07. The predicted octanol–water partition coefficient (Wildman–Crippen LogP) is -0.164. The average molecular weight is 268 g/mol. The Bertz CT molecular complexity index is 271. The van der Waals surface area contributed by atoms with Crippen molar-refractivity contribution in [2.24, 2.45) is 0 Å². The number of hydrogen-bond donors (Lipinski definition) is 1. The fourth-order valence-electron chi connectivity index (χ4n) is 2.78. The molecule has 110 valence electrons. The van der Waals surface area contributed by atoms with E-state index in [1.807, 2.05) is 4.90 Å². The number of piperazine rings is 1. The zero-order valence-corrected chi connectivity index (χ0v) is 12.2. The number of rotatable bonds is 5. The number of carbonyl (C=O) groups excluding carboxylic acids is 1. The Hall–Kier alpha value is -0.650. The van der Waals surface area contributed by atoms with Gasteiger partial charge in [0, 0.05) is 39.3 Å². The van der Waals surface area contributed by atoms with Gasteiger partial charge in [0.2, 0.25) is 5.91 Å². The summed E-state index contributed by atoms with van der Waals surface area (Å²) in [5.74, 6) is 0.256. The van der Waals surface area contributed by atoms with Crippen molar-refractivity contribution in [2.45, 2.75) is 19.3 Å². The fraction of sp³-hybridized carbons (Fsp3) is 0.929. The second-order valence-corrected chi connectivity index (χ2v) is 5.76.